The lowest BCUT2D eigenvalue weighted by Crippen LogP contribution is -2.20. The normalized spacial score (nSPS) is 12.9. The molecule has 0 fully saturated rings. The summed E-state index contributed by atoms with van der Waals surface area (Å²) in [6, 6.07) is 8.86. The number of hydrogen-bond donors (Lipinski definition) is 2. The number of benzene rings is 1. The van der Waals surface area contributed by atoms with Crippen LogP contribution in [0.1, 0.15) is 30.0 Å². The molecule has 0 spiro atoms. The van der Waals surface area contributed by atoms with Crippen LogP contribution < -0.4 is 5.32 Å². The van der Waals surface area contributed by atoms with Crippen molar-refractivity contribution in [2.24, 2.45) is 0 Å². The number of fused-ring (bicyclic) bond motifs is 1. The molecule has 4 heteroatoms. The summed E-state index contributed by atoms with van der Waals surface area (Å²) < 4.78 is 0. The second-order valence-electron chi connectivity index (χ2n) is 4.57. The molecule has 19 heavy (non-hydrogen) atoms. The molecule has 1 aromatic carbocycles. The van der Waals surface area contributed by atoms with Gasteiger partial charge in [-0.15, -0.1) is 11.3 Å². The van der Waals surface area contributed by atoms with E-state index in [1.807, 2.05) is 17.8 Å². The molecule has 0 aliphatic rings. The van der Waals surface area contributed by atoms with Gasteiger partial charge in [-0.25, -0.2) is 4.98 Å². The molecule has 1 atom stereocenters. The van der Waals surface area contributed by atoms with Crippen molar-refractivity contribution in [1.82, 2.24) is 15.3 Å². The second-order valence-corrected chi connectivity index (χ2v) is 5.49. The number of aromatic amines is 1. The summed E-state index contributed by atoms with van der Waals surface area (Å²) >= 11 is 1.72. The summed E-state index contributed by atoms with van der Waals surface area (Å²) in [5, 5.41) is 8.10. The highest BCUT2D eigenvalue weighted by atomic mass is 32.1. The van der Waals surface area contributed by atoms with Crippen LogP contribution in [-0.4, -0.2) is 9.97 Å². The Balaban J connectivity index is 1.76. The van der Waals surface area contributed by atoms with Gasteiger partial charge in [0.05, 0.1) is 6.04 Å². The summed E-state index contributed by atoms with van der Waals surface area (Å²) in [7, 11) is 0. The number of aromatic nitrogens is 2. The van der Waals surface area contributed by atoms with Crippen molar-refractivity contribution in [3.8, 4) is 0 Å². The Hall–Kier alpha value is -1.65. The number of nitrogens with zero attached hydrogens (tertiary/aromatic N) is 1. The minimum absolute atomic E-state index is 0.342. The van der Waals surface area contributed by atoms with Crippen LogP contribution >= 0.6 is 11.3 Å². The summed E-state index contributed by atoms with van der Waals surface area (Å²) in [5.41, 5.74) is 2.52. The Morgan fingerprint density at radius 3 is 3.11 bits per heavy atom. The molecule has 2 N–H and O–H groups in total. The number of nitrogens with one attached hydrogen (secondary N) is 2. The fourth-order valence-electron chi connectivity index (χ4n) is 2.35. The van der Waals surface area contributed by atoms with E-state index in [0.717, 1.165) is 13.0 Å². The second kappa shape index (κ2) is 5.55. The Morgan fingerprint density at radius 1 is 1.37 bits per heavy atom. The van der Waals surface area contributed by atoms with Gasteiger partial charge in [0, 0.05) is 35.2 Å². The predicted molar refractivity (Wildman–Crippen MR) is 80.3 cm³/mol. The standard InChI is InChI=1S/C15H17N3S/c1-2-13(15-17-8-9-19-15)18-10-11-4-3-5-14-12(11)6-7-16-14/h3-9,13,16,18H,2,10H2,1H3. The van der Waals surface area contributed by atoms with Crippen molar-refractivity contribution in [3.63, 3.8) is 0 Å². The van der Waals surface area contributed by atoms with Gasteiger partial charge in [-0.05, 0) is 24.1 Å². The van der Waals surface area contributed by atoms with Crippen LogP contribution in [0.3, 0.4) is 0 Å². The summed E-state index contributed by atoms with van der Waals surface area (Å²) in [5.74, 6) is 0. The van der Waals surface area contributed by atoms with Gasteiger partial charge in [0.15, 0.2) is 0 Å². The average Bonchev–Trinajstić information content (AvgIpc) is 3.10. The number of rotatable bonds is 5. The molecule has 3 nitrogen and oxygen atoms in total. The van der Waals surface area contributed by atoms with Crippen molar-refractivity contribution >= 4 is 22.2 Å². The van der Waals surface area contributed by atoms with Crippen molar-refractivity contribution in [2.45, 2.75) is 25.9 Å². The minimum Gasteiger partial charge on any atom is -0.361 e. The molecule has 2 heterocycles. The van der Waals surface area contributed by atoms with E-state index in [4.69, 9.17) is 0 Å². The molecule has 0 saturated carbocycles. The van der Waals surface area contributed by atoms with E-state index < -0.39 is 0 Å². The molecular weight excluding hydrogens is 254 g/mol. The number of thiazole rings is 1. The lowest BCUT2D eigenvalue weighted by atomic mass is 10.1. The van der Waals surface area contributed by atoms with Crippen molar-refractivity contribution in [2.75, 3.05) is 0 Å². The maximum atomic E-state index is 4.40. The predicted octanol–water partition coefficient (Wildman–Crippen LogP) is 3.87. The molecule has 0 amide bonds. The highest BCUT2D eigenvalue weighted by Crippen LogP contribution is 2.21. The van der Waals surface area contributed by atoms with Gasteiger partial charge in [0.25, 0.3) is 0 Å². The highest BCUT2D eigenvalue weighted by molar-refractivity contribution is 7.09. The molecule has 0 bridgehead atoms. The SMILES string of the molecule is CCC(NCc1cccc2[nH]ccc12)c1nccs1. The largest absolute Gasteiger partial charge is 0.361 e. The van der Waals surface area contributed by atoms with Gasteiger partial charge >= 0.3 is 0 Å². The Morgan fingerprint density at radius 2 is 2.32 bits per heavy atom. The minimum atomic E-state index is 0.342. The van der Waals surface area contributed by atoms with Crippen LogP contribution in [-0.2, 0) is 6.54 Å². The first-order valence-electron chi connectivity index (χ1n) is 6.56. The van der Waals surface area contributed by atoms with E-state index in [1.54, 1.807) is 11.3 Å². The van der Waals surface area contributed by atoms with Gasteiger partial charge in [-0.1, -0.05) is 19.1 Å². The maximum absolute atomic E-state index is 4.40. The van der Waals surface area contributed by atoms with Crippen molar-refractivity contribution in [3.05, 3.63) is 52.6 Å². The zero-order valence-electron chi connectivity index (χ0n) is 10.9. The summed E-state index contributed by atoms with van der Waals surface area (Å²) in [6.45, 7) is 3.06. The molecule has 0 aliphatic heterocycles. The highest BCUT2D eigenvalue weighted by Gasteiger charge is 2.11. The Bertz CT molecular complexity index is 642. The third kappa shape index (κ3) is 2.55. The monoisotopic (exact) mass is 271 g/mol. The first-order chi connectivity index (χ1) is 9.38. The Kier molecular flexibility index (Phi) is 3.62. The van der Waals surface area contributed by atoms with Gasteiger partial charge in [0.1, 0.15) is 5.01 Å². The van der Waals surface area contributed by atoms with Gasteiger partial charge in [-0.2, -0.15) is 0 Å². The van der Waals surface area contributed by atoms with Crippen LogP contribution in [0, 0.1) is 0 Å². The van der Waals surface area contributed by atoms with Crippen LogP contribution in [0.25, 0.3) is 10.9 Å². The van der Waals surface area contributed by atoms with Crippen LogP contribution in [0.15, 0.2) is 42.0 Å². The van der Waals surface area contributed by atoms with E-state index in [0.29, 0.717) is 6.04 Å². The molecule has 1 unspecified atom stereocenters. The lowest BCUT2D eigenvalue weighted by molar-refractivity contribution is 0.518. The van der Waals surface area contributed by atoms with Gasteiger partial charge < -0.3 is 10.3 Å². The van der Waals surface area contributed by atoms with E-state index in [2.05, 4.69) is 46.5 Å². The molecule has 3 rings (SSSR count). The summed E-state index contributed by atoms with van der Waals surface area (Å²) in [4.78, 5) is 7.65. The average molecular weight is 271 g/mol. The molecule has 0 aliphatic carbocycles. The topological polar surface area (TPSA) is 40.7 Å². The van der Waals surface area contributed by atoms with Crippen molar-refractivity contribution in [1.29, 1.82) is 0 Å². The fraction of sp³-hybridized carbons (Fsp3) is 0.267. The Labute approximate surface area is 116 Å². The van der Waals surface area contributed by atoms with Crippen LogP contribution in [0.5, 0.6) is 0 Å². The third-order valence-electron chi connectivity index (χ3n) is 3.38. The smallest absolute Gasteiger partial charge is 0.109 e. The van der Waals surface area contributed by atoms with E-state index in [1.165, 1.54) is 21.5 Å². The van der Waals surface area contributed by atoms with E-state index in [9.17, 15) is 0 Å². The van der Waals surface area contributed by atoms with Crippen LogP contribution in [0.2, 0.25) is 0 Å². The zero-order chi connectivity index (χ0) is 13.1. The summed E-state index contributed by atoms with van der Waals surface area (Å²) in [6.07, 6.45) is 4.92. The number of H-pyrrole nitrogens is 1. The van der Waals surface area contributed by atoms with Gasteiger partial charge in [-0.3, -0.25) is 0 Å². The quantitative estimate of drug-likeness (QED) is 0.739. The lowest BCUT2D eigenvalue weighted by Gasteiger charge is -2.14. The maximum Gasteiger partial charge on any atom is 0.109 e. The van der Waals surface area contributed by atoms with Gasteiger partial charge in [0.2, 0.25) is 0 Å². The first-order valence-corrected chi connectivity index (χ1v) is 7.44. The zero-order valence-corrected chi connectivity index (χ0v) is 11.7. The van der Waals surface area contributed by atoms with E-state index in [-0.39, 0.29) is 0 Å². The molecule has 0 radical (unpaired) electrons. The van der Waals surface area contributed by atoms with Crippen LogP contribution in [0.4, 0.5) is 0 Å². The van der Waals surface area contributed by atoms with Crippen molar-refractivity contribution < 1.29 is 0 Å². The first kappa shape index (κ1) is 12.4. The fourth-order valence-corrected chi connectivity index (χ4v) is 3.15. The number of hydrogen-bond acceptors (Lipinski definition) is 3. The molecular formula is C15H17N3S. The molecule has 98 valence electrons. The third-order valence-corrected chi connectivity index (χ3v) is 4.27. The van der Waals surface area contributed by atoms with E-state index >= 15 is 0 Å². The molecule has 2 aromatic heterocycles. The molecule has 3 aromatic rings. The molecule has 0 saturated heterocycles.